The van der Waals surface area contributed by atoms with Crippen LogP contribution in [0.2, 0.25) is 0 Å². The van der Waals surface area contributed by atoms with Crippen molar-refractivity contribution in [2.24, 2.45) is 0 Å². The second-order valence-electron chi connectivity index (χ2n) is 3.92. The second kappa shape index (κ2) is 7.12. The number of nitrogens with one attached hydrogen (secondary N) is 1. The standard InChI is InChI=1S/C11H16BNO5/c1-8(14)11(15)18-13-10(12(16)17)7-9-5-3-2-4-6-9/h2-6,8,10,13-14,16-17H,7H2,1H3/t8-,10-/m0/s1. The molecule has 0 aliphatic heterocycles. The Kier molecular flexibility index (Phi) is 5.80. The van der Waals surface area contributed by atoms with E-state index < -0.39 is 25.1 Å². The van der Waals surface area contributed by atoms with Crippen LogP contribution in [0.3, 0.4) is 0 Å². The topological polar surface area (TPSA) is 99.0 Å². The number of aliphatic hydroxyl groups excluding tert-OH is 1. The molecular weight excluding hydrogens is 237 g/mol. The van der Waals surface area contributed by atoms with Crippen molar-refractivity contribution in [3.63, 3.8) is 0 Å². The molecule has 6 nitrogen and oxygen atoms in total. The summed E-state index contributed by atoms with van der Waals surface area (Å²) in [5, 5.41) is 27.3. The van der Waals surface area contributed by atoms with Crippen LogP contribution in [0.4, 0.5) is 0 Å². The first-order valence-corrected chi connectivity index (χ1v) is 5.55. The van der Waals surface area contributed by atoms with Gasteiger partial charge in [0.1, 0.15) is 0 Å². The van der Waals surface area contributed by atoms with E-state index in [1.165, 1.54) is 6.92 Å². The highest BCUT2D eigenvalue weighted by Crippen LogP contribution is 2.04. The minimum atomic E-state index is -1.69. The average molecular weight is 253 g/mol. The number of carbonyl (C=O) groups is 1. The molecule has 0 radical (unpaired) electrons. The Morgan fingerprint density at radius 3 is 2.50 bits per heavy atom. The van der Waals surface area contributed by atoms with Crippen LogP contribution >= 0.6 is 0 Å². The van der Waals surface area contributed by atoms with Crippen molar-refractivity contribution >= 4 is 13.1 Å². The van der Waals surface area contributed by atoms with Crippen LogP contribution in [0.15, 0.2) is 30.3 Å². The summed E-state index contributed by atoms with van der Waals surface area (Å²) >= 11 is 0. The molecule has 0 amide bonds. The number of aliphatic hydroxyl groups is 1. The van der Waals surface area contributed by atoms with Crippen LogP contribution in [-0.2, 0) is 16.1 Å². The van der Waals surface area contributed by atoms with Crippen LogP contribution in [-0.4, -0.2) is 40.3 Å². The smallest absolute Gasteiger partial charge is 0.426 e. The Hall–Kier alpha value is -1.41. The molecule has 0 saturated heterocycles. The van der Waals surface area contributed by atoms with E-state index in [0.29, 0.717) is 0 Å². The lowest BCUT2D eigenvalue weighted by atomic mass is 9.76. The molecule has 0 unspecified atom stereocenters. The molecule has 98 valence electrons. The number of hydrogen-bond donors (Lipinski definition) is 4. The van der Waals surface area contributed by atoms with Crippen LogP contribution < -0.4 is 5.48 Å². The molecule has 2 atom stereocenters. The molecule has 7 heteroatoms. The van der Waals surface area contributed by atoms with E-state index in [0.717, 1.165) is 5.56 Å². The van der Waals surface area contributed by atoms with Gasteiger partial charge < -0.3 is 20.0 Å². The molecule has 4 N–H and O–H groups in total. The fourth-order valence-corrected chi connectivity index (χ4v) is 1.30. The van der Waals surface area contributed by atoms with Gasteiger partial charge in [0.05, 0.1) is 5.94 Å². The minimum Gasteiger partial charge on any atom is -0.426 e. The number of hydrogen-bond acceptors (Lipinski definition) is 6. The van der Waals surface area contributed by atoms with E-state index in [2.05, 4.69) is 10.3 Å². The quantitative estimate of drug-likeness (QED) is 0.385. The van der Waals surface area contributed by atoms with Crippen molar-refractivity contribution in [3.05, 3.63) is 35.9 Å². The van der Waals surface area contributed by atoms with Crippen molar-refractivity contribution < 1.29 is 24.8 Å². The van der Waals surface area contributed by atoms with Gasteiger partial charge in [-0.25, -0.2) is 4.79 Å². The van der Waals surface area contributed by atoms with Gasteiger partial charge in [0, 0.05) is 0 Å². The molecule has 1 rings (SSSR count). The SMILES string of the molecule is C[C@H](O)C(=O)ON[C@@H](Cc1ccccc1)B(O)O. The van der Waals surface area contributed by atoms with Crippen molar-refractivity contribution in [3.8, 4) is 0 Å². The summed E-state index contributed by atoms with van der Waals surface area (Å²) in [7, 11) is -1.69. The summed E-state index contributed by atoms with van der Waals surface area (Å²) in [6, 6.07) is 9.10. The van der Waals surface area contributed by atoms with E-state index in [9.17, 15) is 4.79 Å². The first kappa shape index (κ1) is 14.7. The van der Waals surface area contributed by atoms with Crippen LogP contribution in [0, 0.1) is 0 Å². The zero-order chi connectivity index (χ0) is 13.5. The maximum atomic E-state index is 11.0. The normalized spacial score (nSPS) is 13.8. The van der Waals surface area contributed by atoms with Crippen molar-refractivity contribution in [2.45, 2.75) is 25.4 Å². The highest BCUT2D eigenvalue weighted by Gasteiger charge is 2.25. The molecule has 0 aliphatic rings. The van der Waals surface area contributed by atoms with Crippen LogP contribution in [0.25, 0.3) is 0 Å². The lowest BCUT2D eigenvalue weighted by Gasteiger charge is -2.17. The maximum absolute atomic E-state index is 11.0. The Morgan fingerprint density at radius 2 is 2.00 bits per heavy atom. The Bertz CT molecular complexity index is 371. The van der Waals surface area contributed by atoms with Gasteiger partial charge in [0.2, 0.25) is 0 Å². The van der Waals surface area contributed by atoms with Crippen LogP contribution in [0.1, 0.15) is 12.5 Å². The summed E-state index contributed by atoms with van der Waals surface area (Å²) in [4.78, 5) is 15.6. The molecule has 18 heavy (non-hydrogen) atoms. The number of benzene rings is 1. The molecule has 0 spiro atoms. The minimum absolute atomic E-state index is 0.269. The molecule has 0 aromatic heterocycles. The molecular formula is C11H16BNO5. The lowest BCUT2D eigenvalue weighted by molar-refractivity contribution is -0.161. The summed E-state index contributed by atoms with van der Waals surface area (Å²) in [6.45, 7) is 1.26. The molecule has 0 heterocycles. The number of hydroxylamine groups is 1. The summed E-state index contributed by atoms with van der Waals surface area (Å²) < 4.78 is 0. The van der Waals surface area contributed by atoms with Gasteiger partial charge in [-0.15, -0.1) is 0 Å². The van der Waals surface area contributed by atoms with Gasteiger partial charge in [0.25, 0.3) is 0 Å². The zero-order valence-corrected chi connectivity index (χ0v) is 9.98. The third-order valence-electron chi connectivity index (χ3n) is 2.31. The van der Waals surface area contributed by atoms with Crippen molar-refractivity contribution in [1.29, 1.82) is 0 Å². The van der Waals surface area contributed by atoms with Gasteiger partial charge in [-0.05, 0) is 18.9 Å². The maximum Gasteiger partial charge on any atom is 0.473 e. The Labute approximate surface area is 105 Å². The lowest BCUT2D eigenvalue weighted by Crippen LogP contribution is -2.46. The Balaban J connectivity index is 2.53. The highest BCUT2D eigenvalue weighted by molar-refractivity contribution is 6.43. The van der Waals surface area contributed by atoms with E-state index in [-0.39, 0.29) is 6.42 Å². The molecule has 0 aliphatic carbocycles. The monoisotopic (exact) mass is 253 g/mol. The third-order valence-corrected chi connectivity index (χ3v) is 2.31. The summed E-state index contributed by atoms with van der Waals surface area (Å²) in [6.07, 6.45) is -1.00. The zero-order valence-electron chi connectivity index (χ0n) is 9.98. The first-order chi connectivity index (χ1) is 8.50. The summed E-state index contributed by atoms with van der Waals surface area (Å²) in [5.41, 5.74) is 3.10. The van der Waals surface area contributed by atoms with E-state index in [1.807, 2.05) is 30.3 Å². The fourth-order valence-electron chi connectivity index (χ4n) is 1.30. The number of rotatable bonds is 6. The van der Waals surface area contributed by atoms with Gasteiger partial charge in [-0.1, -0.05) is 30.3 Å². The third kappa shape index (κ3) is 4.85. The average Bonchev–Trinajstić information content (AvgIpc) is 2.34. The van der Waals surface area contributed by atoms with Gasteiger partial charge in [0.15, 0.2) is 6.10 Å². The van der Waals surface area contributed by atoms with E-state index in [1.54, 1.807) is 0 Å². The molecule has 0 bridgehead atoms. The predicted molar refractivity (Wildman–Crippen MR) is 65.0 cm³/mol. The van der Waals surface area contributed by atoms with Gasteiger partial charge in [-0.3, -0.25) is 0 Å². The molecule has 0 fully saturated rings. The highest BCUT2D eigenvalue weighted by atomic mass is 16.7. The molecule has 1 aromatic carbocycles. The van der Waals surface area contributed by atoms with E-state index in [4.69, 9.17) is 15.2 Å². The van der Waals surface area contributed by atoms with Crippen molar-refractivity contribution in [2.75, 3.05) is 0 Å². The molecule has 1 aromatic rings. The summed E-state index contributed by atoms with van der Waals surface area (Å²) in [5.74, 6) is -1.75. The van der Waals surface area contributed by atoms with Gasteiger partial charge in [-0.2, -0.15) is 5.48 Å². The van der Waals surface area contributed by atoms with Crippen LogP contribution in [0.5, 0.6) is 0 Å². The fraction of sp³-hybridized carbons (Fsp3) is 0.364. The second-order valence-corrected chi connectivity index (χ2v) is 3.92. The molecule has 0 saturated carbocycles. The predicted octanol–water partition coefficient (Wildman–Crippen LogP) is -0.962. The first-order valence-electron chi connectivity index (χ1n) is 5.55. The number of carbonyl (C=O) groups excluding carboxylic acids is 1. The van der Waals surface area contributed by atoms with E-state index >= 15 is 0 Å². The largest absolute Gasteiger partial charge is 0.473 e. The van der Waals surface area contributed by atoms with Crippen molar-refractivity contribution in [1.82, 2.24) is 5.48 Å². The van der Waals surface area contributed by atoms with Gasteiger partial charge >= 0.3 is 13.1 Å². The Morgan fingerprint density at radius 1 is 1.39 bits per heavy atom.